The molecule has 0 saturated carbocycles. The van der Waals surface area contributed by atoms with E-state index in [1.54, 1.807) is 0 Å². The normalized spacial score (nSPS) is 10.8. The number of hydrogen-bond acceptors (Lipinski definition) is 3. The molecule has 0 amide bonds. The summed E-state index contributed by atoms with van der Waals surface area (Å²) in [5.41, 5.74) is 10.4. The van der Waals surface area contributed by atoms with Gasteiger partial charge in [0.2, 0.25) is 0 Å². The molecule has 20 heavy (non-hydrogen) atoms. The number of hydrogen-bond donors (Lipinski definition) is 1. The first-order valence-corrected chi connectivity index (χ1v) is 7.10. The lowest BCUT2D eigenvalue weighted by atomic mass is 10.1. The third kappa shape index (κ3) is 3.20. The van der Waals surface area contributed by atoms with Gasteiger partial charge in [0.05, 0.1) is 12.2 Å². The second kappa shape index (κ2) is 6.57. The van der Waals surface area contributed by atoms with Crippen LogP contribution in [-0.4, -0.2) is 16.4 Å². The number of nitrogens with two attached hydrogens (primary N) is 1. The Balaban J connectivity index is 1.92. The van der Waals surface area contributed by atoms with Crippen molar-refractivity contribution in [3.63, 3.8) is 0 Å². The number of aromatic nitrogens is 2. The summed E-state index contributed by atoms with van der Waals surface area (Å²) in [5, 5.41) is 4.56. The fourth-order valence-electron chi connectivity index (χ4n) is 2.44. The molecule has 0 atom stereocenters. The molecule has 0 bridgehead atoms. The predicted molar refractivity (Wildman–Crippen MR) is 80.9 cm³/mol. The van der Waals surface area contributed by atoms with Gasteiger partial charge < -0.3 is 10.5 Å². The van der Waals surface area contributed by atoms with Crippen molar-refractivity contribution in [3.8, 4) is 5.75 Å². The highest BCUT2D eigenvalue weighted by Crippen LogP contribution is 2.14. The van der Waals surface area contributed by atoms with Gasteiger partial charge in [-0.3, -0.25) is 4.68 Å². The summed E-state index contributed by atoms with van der Waals surface area (Å²) in [5.74, 6) is 0.874. The minimum Gasteiger partial charge on any atom is -0.492 e. The van der Waals surface area contributed by atoms with Gasteiger partial charge in [-0.05, 0) is 43.5 Å². The summed E-state index contributed by atoms with van der Waals surface area (Å²) in [6, 6.07) is 7.91. The number of aryl methyl sites for hydroxylation is 1. The fourth-order valence-corrected chi connectivity index (χ4v) is 2.44. The molecular weight excluding hydrogens is 250 g/mol. The summed E-state index contributed by atoms with van der Waals surface area (Å²) < 4.78 is 7.78. The number of rotatable bonds is 6. The van der Waals surface area contributed by atoms with E-state index in [-0.39, 0.29) is 0 Å². The number of benzene rings is 1. The molecule has 2 aromatic rings. The molecule has 0 aliphatic carbocycles. The summed E-state index contributed by atoms with van der Waals surface area (Å²) >= 11 is 0. The molecule has 0 spiro atoms. The Labute approximate surface area is 120 Å². The topological polar surface area (TPSA) is 53.1 Å². The van der Waals surface area contributed by atoms with Crippen molar-refractivity contribution in [1.82, 2.24) is 9.78 Å². The second-order valence-corrected chi connectivity index (χ2v) is 4.92. The van der Waals surface area contributed by atoms with Crippen LogP contribution in [0.1, 0.15) is 29.4 Å². The van der Waals surface area contributed by atoms with Crippen LogP contribution in [0.5, 0.6) is 5.75 Å². The summed E-state index contributed by atoms with van der Waals surface area (Å²) in [6.45, 7) is 8.30. The van der Waals surface area contributed by atoms with E-state index in [0.29, 0.717) is 13.2 Å². The molecule has 0 fully saturated rings. The van der Waals surface area contributed by atoms with Gasteiger partial charge in [-0.15, -0.1) is 0 Å². The average Bonchev–Trinajstić information content (AvgIpc) is 2.74. The first kappa shape index (κ1) is 14.6. The van der Waals surface area contributed by atoms with Crippen molar-refractivity contribution in [2.45, 2.75) is 40.3 Å². The zero-order valence-corrected chi connectivity index (χ0v) is 12.5. The molecule has 0 saturated heterocycles. The third-order valence-corrected chi connectivity index (χ3v) is 3.62. The van der Waals surface area contributed by atoms with Gasteiger partial charge in [0.1, 0.15) is 12.4 Å². The third-order valence-electron chi connectivity index (χ3n) is 3.62. The van der Waals surface area contributed by atoms with E-state index in [1.807, 2.05) is 28.9 Å². The molecule has 1 heterocycles. The fraction of sp³-hybridized carbons (Fsp3) is 0.438. The van der Waals surface area contributed by atoms with Gasteiger partial charge >= 0.3 is 0 Å². The molecule has 4 nitrogen and oxygen atoms in total. The first-order valence-electron chi connectivity index (χ1n) is 7.10. The summed E-state index contributed by atoms with van der Waals surface area (Å²) in [6.07, 6.45) is 1.03. The van der Waals surface area contributed by atoms with Crippen molar-refractivity contribution in [2.24, 2.45) is 5.73 Å². The highest BCUT2D eigenvalue weighted by Gasteiger charge is 2.09. The van der Waals surface area contributed by atoms with Crippen LogP contribution in [0, 0.1) is 13.8 Å². The van der Waals surface area contributed by atoms with Crippen molar-refractivity contribution in [2.75, 3.05) is 6.61 Å². The van der Waals surface area contributed by atoms with E-state index in [1.165, 1.54) is 11.3 Å². The van der Waals surface area contributed by atoms with E-state index < -0.39 is 0 Å². The summed E-state index contributed by atoms with van der Waals surface area (Å²) in [4.78, 5) is 0. The zero-order chi connectivity index (χ0) is 14.5. The van der Waals surface area contributed by atoms with Crippen LogP contribution in [-0.2, 0) is 19.5 Å². The van der Waals surface area contributed by atoms with Gasteiger partial charge in [0, 0.05) is 12.2 Å². The van der Waals surface area contributed by atoms with Crippen LogP contribution in [0.2, 0.25) is 0 Å². The number of ether oxygens (including phenoxy) is 1. The lowest BCUT2D eigenvalue weighted by Crippen LogP contribution is -2.11. The number of nitrogens with zero attached hydrogens (tertiary/aromatic N) is 2. The standard InChI is InChI=1S/C16H23N3O/c1-4-16-12(2)18-19(13(16)3)9-10-20-15-7-5-14(11-17)6-8-15/h5-8H,4,9-11,17H2,1-3H3. The summed E-state index contributed by atoms with van der Waals surface area (Å²) in [7, 11) is 0. The Morgan fingerprint density at radius 2 is 1.90 bits per heavy atom. The lowest BCUT2D eigenvalue weighted by molar-refractivity contribution is 0.289. The lowest BCUT2D eigenvalue weighted by Gasteiger charge is -2.08. The highest BCUT2D eigenvalue weighted by atomic mass is 16.5. The van der Waals surface area contributed by atoms with Crippen LogP contribution in [0.4, 0.5) is 0 Å². The predicted octanol–water partition coefficient (Wildman–Crippen LogP) is 2.60. The molecule has 2 N–H and O–H groups in total. The Kier molecular flexibility index (Phi) is 4.79. The maximum absolute atomic E-state index is 5.75. The average molecular weight is 273 g/mol. The van der Waals surface area contributed by atoms with Gasteiger partial charge in [-0.2, -0.15) is 5.10 Å². The first-order chi connectivity index (χ1) is 9.65. The van der Waals surface area contributed by atoms with E-state index >= 15 is 0 Å². The molecule has 1 aromatic heterocycles. The van der Waals surface area contributed by atoms with Gasteiger partial charge in [-0.1, -0.05) is 19.1 Å². The van der Waals surface area contributed by atoms with Gasteiger partial charge in [0.15, 0.2) is 0 Å². The van der Waals surface area contributed by atoms with Crippen LogP contribution in [0.3, 0.4) is 0 Å². The van der Waals surface area contributed by atoms with Crippen LogP contribution in [0.25, 0.3) is 0 Å². The Morgan fingerprint density at radius 1 is 1.20 bits per heavy atom. The van der Waals surface area contributed by atoms with Crippen molar-refractivity contribution >= 4 is 0 Å². The van der Waals surface area contributed by atoms with Crippen LogP contribution >= 0.6 is 0 Å². The van der Waals surface area contributed by atoms with E-state index in [2.05, 4.69) is 25.9 Å². The van der Waals surface area contributed by atoms with Gasteiger partial charge in [0.25, 0.3) is 0 Å². The molecule has 0 radical (unpaired) electrons. The Bertz CT molecular complexity index is 558. The van der Waals surface area contributed by atoms with E-state index in [9.17, 15) is 0 Å². The minimum absolute atomic E-state index is 0.561. The Morgan fingerprint density at radius 3 is 2.45 bits per heavy atom. The highest BCUT2D eigenvalue weighted by molar-refractivity contribution is 5.27. The zero-order valence-electron chi connectivity index (χ0n) is 12.5. The maximum Gasteiger partial charge on any atom is 0.119 e. The van der Waals surface area contributed by atoms with Crippen LogP contribution in [0.15, 0.2) is 24.3 Å². The molecule has 4 heteroatoms. The largest absolute Gasteiger partial charge is 0.492 e. The van der Waals surface area contributed by atoms with Crippen molar-refractivity contribution < 1.29 is 4.74 Å². The molecule has 108 valence electrons. The van der Waals surface area contributed by atoms with Gasteiger partial charge in [-0.25, -0.2) is 0 Å². The van der Waals surface area contributed by atoms with E-state index in [4.69, 9.17) is 10.5 Å². The minimum atomic E-state index is 0.561. The van der Waals surface area contributed by atoms with Crippen LogP contribution < -0.4 is 10.5 Å². The van der Waals surface area contributed by atoms with E-state index in [0.717, 1.165) is 30.0 Å². The molecule has 0 unspecified atom stereocenters. The Hall–Kier alpha value is -1.81. The maximum atomic E-state index is 5.75. The smallest absolute Gasteiger partial charge is 0.119 e. The molecule has 0 aliphatic heterocycles. The second-order valence-electron chi connectivity index (χ2n) is 4.92. The quantitative estimate of drug-likeness (QED) is 0.880. The van der Waals surface area contributed by atoms with Crippen molar-refractivity contribution in [3.05, 3.63) is 46.8 Å². The van der Waals surface area contributed by atoms with Crippen molar-refractivity contribution in [1.29, 1.82) is 0 Å². The SMILES string of the molecule is CCc1c(C)nn(CCOc2ccc(CN)cc2)c1C. The molecule has 2 rings (SSSR count). The molecule has 1 aromatic carbocycles. The molecule has 0 aliphatic rings. The monoisotopic (exact) mass is 273 g/mol. The molecular formula is C16H23N3O.